The van der Waals surface area contributed by atoms with Crippen molar-refractivity contribution in [2.24, 2.45) is 0 Å². The molecule has 1 aromatic carbocycles. The fourth-order valence-corrected chi connectivity index (χ4v) is 4.17. The molecular formula is C27H29F3N6O5. The zero-order chi connectivity index (χ0) is 29.4. The van der Waals surface area contributed by atoms with Gasteiger partial charge in [0, 0.05) is 38.3 Å². The normalized spacial score (nSPS) is 13.9. The first-order valence-electron chi connectivity index (χ1n) is 13.0. The Kier molecular flexibility index (Phi) is 9.42. The Balaban J connectivity index is 1.36. The van der Waals surface area contributed by atoms with Crippen molar-refractivity contribution in [2.45, 2.75) is 25.9 Å². The van der Waals surface area contributed by atoms with Crippen molar-refractivity contribution in [3.05, 3.63) is 60.1 Å². The molecule has 0 bridgehead atoms. The monoisotopic (exact) mass is 574 g/mol. The maximum absolute atomic E-state index is 13.6. The van der Waals surface area contributed by atoms with Crippen LogP contribution in [-0.2, 0) is 15.7 Å². The summed E-state index contributed by atoms with van der Waals surface area (Å²) < 4.78 is 50.5. The number of carbonyl (C=O) groups excluding carboxylic acids is 3. The van der Waals surface area contributed by atoms with Gasteiger partial charge in [-0.1, -0.05) is 18.2 Å². The molecule has 3 aromatic rings. The van der Waals surface area contributed by atoms with Gasteiger partial charge in [-0.2, -0.15) is 13.2 Å². The summed E-state index contributed by atoms with van der Waals surface area (Å²) in [6, 6.07) is 10.9. The van der Waals surface area contributed by atoms with Crippen LogP contribution in [0.1, 0.15) is 36.0 Å². The van der Waals surface area contributed by atoms with Gasteiger partial charge in [0.15, 0.2) is 5.69 Å². The van der Waals surface area contributed by atoms with E-state index in [1.165, 1.54) is 24.4 Å². The van der Waals surface area contributed by atoms with Crippen molar-refractivity contribution in [3.63, 3.8) is 0 Å². The van der Waals surface area contributed by atoms with E-state index in [1.807, 2.05) is 4.90 Å². The van der Waals surface area contributed by atoms with Gasteiger partial charge in [-0.3, -0.25) is 9.59 Å². The number of hydrogen-bond donors (Lipinski definition) is 2. The van der Waals surface area contributed by atoms with Crippen LogP contribution in [0.5, 0.6) is 0 Å². The Morgan fingerprint density at radius 3 is 2.51 bits per heavy atom. The molecule has 0 aliphatic carbocycles. The highest BCUT2D eigenvalue weighted by Gasteiger charge is 2.42. The van der Waals surface area contributed by atoms with Gasteiger partial charge in [0.25, 0.3) is 5.91 Å². The maximum atomic E-state index is 13.6. The molecule has 3 amide bonds. The number of anilines is 2. The Morgan fingerprint density at radius 2 is 1.83 bits per heavy atom. The molecule has 4 rings (SSSR count). The van der Waals surface area contributed by atoms with Crippen LogP contribution < -0.4 is 15.5 Å². The smallest absolute Gasteiger partial charge is 0.452 e. The molecule has 41 heavy (non-hydrogen) atoms. The minimum absolute atomic E-state index is 0.0920. The van der Waals surface area contributed by atoms with E-state index >= 15 is 0 Å². The number of aromatic nitrogens is 2. The molecule has 0 atom stereocenters. The second-order valence-corrected chi connectivity index (χ2v) is 9.03. The average Bonchev–Trinajstić information content (AvgIpc) is 3.27. The van der Waals surface area contributed by atoms with Crippen molar-refractivity contribution < 1.29 is 36.7 Å². The first kappa shape index (κ1) is 29.4. The van der Waals surface area contributed by atoms with E-state index < -0.39 is 23.5 Å². The van der Waals surface area contributed by atoms with Crippen LogP contribution in [0.3, 0.4) is 0 Å². The van der Waals surface area contributed by atoms with E-state index in [-0.39, 0.29) is 43.2 Å². The summed E-state index contributed by atoms with van der Waals surface area (Å²) in [6.07, 6.45) is -2.83. The Hall–Kier alpha value is -4.62. The molecule has 1 saturated heterocycles. The van der Waals surface area contributed by atoms with Crippen LogP contribution >= 0.6 is 0 Å². The number of hydrogen-bond acceptors (Lipinski definition) is 8. The number of amides is 3. The number of benzene rings is 1. The number of alkyl halides is 3. The van der Waals surface area contributed by atoms with Crippen LogP contribution in [0.25, 0.3) is 11.5 Å². The summed E-state index contributed by atoms with van der Waals surface area (Å²) in [5, 5.41) is 5.12. The number of pyridine rings is 1. The van der Waals surface area contributed by atoms with Crippen LogP contribution in [0.15, 0.2) is 53.1 Å². The third-order valence-electron chi connectivity index (χ3n) is 6.14. The van der Waals surface area contributed by atoms with Crippen molar-refractivity contribution in [2.75, 3.05) is 49.5 Å². The van der Waals surface area contributed by atoms with Crippen molar-refractivity contribution in [1.29, 1.82) is 0 Å². The molecule has 11 nitrogen and oxygen atoms in total. The quantitative estimate of drug-likeness (QED) is 0.384. The second kappa shape index (κ2) is 13.2. The fraction of sp³-hybridized carbons (Fsp3) is 0.370. The number of halogens is 3. The lowest BCUT2D eigenvalue weighted by Crippen LogP contribution is -2.42. The Bertz CT molecular complexity index is 1350. The molecule has 14 heteroatoms. The molecule has 1 aliphatic heterocycles. The van der Waals surface area contributed by atoms with Crippen molar-refractivity contribution >= 4 is 29.4 Å². The highest BCUT2D eigenvalue weighted by atomic mass is 19.4. The summed E-state index contributed by atoms with van der Waals surface area (Å²) >= 11 is 0. The Labute approximate surface area is 233 Å². The van der Waals surface area contributed by atoms with Crippen LogP contribution in [0.2, 0.25) is 0 Å². The predicted octanol–water partition coefficient (Wildman–Crippen LogP) is 4.18. The second-order valence-electron chi connectivity index (χ2n) is 9.03. The molecule has 2 aromatic heterocycles. The zero-order valence-electron chi connectivity index (χ0n) is 22.2. The van der Waals surface area contributed by atoms with E-state index in [0.29, 0.717) is 44.0 Å². The van der Waals surface area contributed by atoms with Crippen LogP contribution in [-0.4, -0.2) is 72.1 Å². The summed E-state index contributed by atoms with van der Waals surface area (Å²) in [4.78, 5) is 48.5. The number of ether oxygens (including phenoxy) is 1. The number of esters is 1. The lowest BCUT2D eigenvalue weighted by atomic mass is 10.2. The van der Waals surface area contributed by atoms with Gasteiger partial charge in [-0.15, -0.1) is 0 Å². The van der Waals surface area contributed by atoms with Crippen molar-refractivity contribution in [3.8, 4) is 11.5 Å². The topological polar surface area (TPSA) is 130 Å². The summed E-state index contributed by atoms with van der Waals surface area (Å²) in [5.41, 5.74) is -0.407. The summed E-state index contributed by atoms with van der Waals surface area (Å²) in [7, 11) is 0. The van der Waals surface area contributed by atoms with Gasteiger partial charge in [0.1, 0.15) is 5.82 Å². The largest absolute Gasteiger partial charge is 0.466 e. The minimum atomic E-state index is -4.92. The number of oxazole rings is 1. The Morgan fingerprint density at radius 1 is 1.05 bits per heavy atom. The van der Waals surface area contributed by atoms with Crippen LogP contribution in [0.4, 0.5) is 29.5 Å². The molecule has 0 saturated carbocycles. The van der Waals surface area contributed by atoms with Gasteiger partial charge in [0.05, 0.1) is 24.9 Å². The molecule has 2 N–H and O–H groups in total. The molecule has 218 valence electrons. The standard InChI is InChI=1S/C27H29F3N6O5/c1-2-40-21(37)11-12-31-26(39)36-14-6-13-35(15-16-36)20-10-9-19(17-32-20)33-24(38)22-23(27(28,29)30)41-25(34-22)18-7-4-3-5-8-18/h3-5,7-10,17H,2,6,11-16H2,1H3,(H,31,39)(H,33,38). The molecule has 3 heterocycles. The van der Waals surface area contributed by atoms with Gasteiger partial charge < -0.3 is 29.6 Å². The summed E-state index contributed by atoms with van der Waals surface area (Å²) in [6.45, 7) is 4.21. The molecule has 0 radical (unpaired) electrons. The molecule has 1 fully saturated rings. The number of carbonyl (C=O) groups is 3. The van der Waals surface area contributed by atoms with Gasteiger partial charge in [-0.05, 0) is 37.6 Å². The first-order chi connectivity index (χ1) is 19.7. The van der Waals surface area contributed by atoms with E-state index in [9.17, 15) is 27.6 Å². The number of nitrogens with zero attached hydrogens (tertiary/aromatic N) is 4. The molecule has 1 aliphatic rings. The fourth-order valence-electron chi connectivity index (χ4n) is 4.17. The van der Waals surface area contributed by atoms with E-state index in [0.717, 1.165) is 0 Å². The van der Waals surface area contributed by atoms with E-state index in [1.54, 1.807) is 36.1 Å². The minimum Gasteiger partial charge on any atom is -0.466 e. The number of rotatable bonds is 8. The third kappa shape index (κ3) is 7.74. The van der Waals surface area contributed by atoms with Gasteiger partial charge in [0.2, 0.25) is 11.7 Å². The van der Waals surface area contributed by atoms with Crippen molar-refractivity contribution in [1.82, 2.24) is 20.2 Å². The summed E-state index contributed by atoms with van der Waals surface area (Å²) in [5.74, 6) is -2.69. The number of urea groups is 1. The lowest BCUT2D eigenvalue weighted by Gasteiger charge is -2.23. The lowest BCUT2D eigenvalue weighted by molar-refractivity contribution is -0.153. The molecule has 0 unspecified atom stereocenters. The predicted molar refractivity (Wildman–Crippen MR) is 142 cm³/mol. The highest BCUT2D eigenvalue weighted by Crippen LogP contribution is 2.35. The third-order valence-corrected chi connectivity index (χ3v) is 6.14. The SMILES string of the molecule is CCOC(=O)CCNC(=O)N1CCCN(c2ccc(NC(=O)c3nc(-c4ccccc4)oc3C(F)(F)F)cn2)CC1. The highest BCUT2D eigenvalue weighted by molar-refractivity contribution is 6.04. The van der Waals surface area contributed by atoms with E-state index in [4.69, 9.17) is 9.15 Å². The van der Waals surface area contributed by atoms with Crippen LogP contribution in [0, 0.1) is 0 Å². The maximum Gasteiger partial charge on any atom is 0.452 e. The average molecular weight is 575 g/mol. The zero-order valence-corrected chi connectivity index (χ0v) is 22.2. The van der Waals surface area contributed by atoms with E-state index in [2.05, 4.69) is 20.6 Å². The van der Waals surface area contributed by atoms with Gasteiger partial charge in [-0.25, -0.2) is 14.8 Å². The first-order valence-corrected chi connectivity index (χ1v) is 13.0. The molecule has 0 spiro atoms. The molecular weight excluding hydrogens is 545 g/mol. The van der Waals surface area contributed by atoms with Gasteiger partial charge >= 0.3 is 18.2 Å². The number of nitrogens with one attached hydrogen (secondary N) is 2.